The highest BCUT2D eigenvalue weighted by Gasteiger charge is 2.33. The van der Waals surface area contributed by atoms with E-state index in [2.05, 4.69) is 5.32 Å². The van der Waals surface area contributed by atoms with Crippen LogP contribution < -0.4 is 10.1 Å². The quantitative estimate of drug-likeness (QED) is 0.755. The molecule has 6 nitrogen and oxygen atoms in total. The molecule has 1 amide bonds. The van der Waals surface area contributed by atoms with Crippen LogP contribution in [0.4, 0.5) is 0 Å². The summed E-state index contributed by atoms with van der Waals surface area (Å²) in [5.41, 5.74) is 1.02. The fourth-order valence-corrected chi connectivity index (χ4v) is 3.52. The first kappa shape index (κ1) is 17.2. The van der Waals surface area contributed by atoms with E-state index in [0.717, 1.165) is 17.7 Å². The zero-order valence-electron chi connectivity index (χ0n) is 14.0. The highest BCUT2D eigenvalue weighted by Crippen LogP contribution is 2.31. The minimum atomic E-state index is -0.581. The van der Waals surface area contributed by atoms with Crippen LogP contribution in [0, 0.1) is 5.92 Å². The zero-order valence-corrected chi connectivity index (χ0v) is 14.0. The second-order valence-electron chi connectivity index (χ2n) is 6.71. The van der Waals surface area contributed by atoms with Gasteiger partial charge in [0.1, 0.15) is 5.75 Å². The van der Waals surface area contributed by atoms with Crippen molar-refractivity contribution in [3.05, 3.63) is 29.8 Å². The van der Waals surface area contributed by atoms with Gasteiger partial charge < -0.3 is 20.3 Å². The fourth-order valence-electron chi connectivity index (χ4n) is 3.52. The number of nitrogens with one attached hydrogen (secondary N) is 1. The maximum absolute atomic E-state index is 12.7. The summed E-state index contributed by atoms with van der Waals surface area (Å²) in [6.45, 7) is 3.59. The van der Waals surface area contributed by atoms with Gasteiger partial charge in [-0.3, -0.25) is 9.69 Å². The van der Waals surface area contributed by atoms with Crippen LogP contribution in [0.5, 0.6) is 5.75 Å². The molecule has 0 aromatic heterocycles. The van der Waals surface area contributed by atoms with Crippen LogP contribution >= 0.6 is 0 Å². The number of benzene rings is 1. The third-order valence-electron chi connectivity index (χ3n) is 5.19. The van der Waals surface area contributed by atoms with Gasteiger partial charge in [-0.15, -0.1) is 0 Å². The first-order valence-electron chi connectivity index (χ1n) is 8.65. The van der Waals surface area contributed by atoms with E-state index in [1.165, 1.54) is 0 Å². The summed E-state index contributed by atoms with van der Waals surface area (Å²) < 4.78 is 5.63. The number of ether oxygens (including phenoxy) is 1. The molecule has 1 saturated heterocycles. The number of aliphatic hydroxyl groups excluding tert-OH is 2. The third-order valence-corrected chi connectivity index (χ3v) is 5.19. The normalized spacial score (nSPS) is 28.5. The number of para-hydroxylation sites is 1. The van der Waals surface area contributed by atoms with Crippen LogP contribution in [-0.4, -0.2) is 59.5 Å². The summed E-state index contributed by atoms with van der Waals surface area (Å²) in [5, 5.41) is 22.4. The number of carbonyl (C=O) groups is 1. The summed E-state index contributed by atoms with van der Waals surface area (Å²) in [6.07, 6.45) is 0.878. The van der Waals surface area contributed by atoms with Gasteiger partial charge in [-0.25, -0.2) is 0 Å². The Kier molecular flexibility index (Phi) is 5.38. The standard InChI is InChI=1S/C18H26N2O4/c1-12(20-8-6-13(11-21)16(22)10-20)18(23)19-15-7-9-24-17-5-3-2-4-14(15)17/h2-5,12-13,15-16,21-22H,6-11H2,1H3,(H,19,23)/t12-,13+,15-,16+/m1/s1. The summed E-state index contributed by atoms with van der Waals surface area (Å²) >= 11 is 0. The van der Waals surface area contributed by atoms with Gasteiger partial charge >= 0.3 is 0 Å². The van der Waals surface area contributed by atoms with Gasteiger partial charge in [-0.1, -0.05) is 18.2 Å². The molecule has 3 rings (SSSR count). The Balaban J connectivity index is 1.61. The molecule has 1 fully saturated rings. The summed E-state index contributed by atoms with van der Waals surface area (Å²) in [4.78, 5) is 14.6. The van der Waals surface area contributed by atoms with Gasteiger partial charge in [-0.05, 0) is 26.0 Å². The van der Waals surface area contributed by atoms with Crippen LogP contribution in [0.25, 0.3) is 0 Å². The van der Waals surface area contributed by atoms with Crippen molar-refractivity contribution in [1.82, 2.24) is 10.2 Å². The van der Waals surface area contributed by atoms with Crippen molar-refractivity contribution < 1.29 is 19.7 Å². The Morgan fingerprint density at radius 1 is 1.42 bits per heavy atom. The van der Waals surface area contributed by atoms with Crippen LogP contribution in [0.2, 0.25) is 0 Å². The Hall–Kier alpha value is -1.63. The zero-order chi connectivity index (χ0) is 17.1. The minimum absolute atomic E-state index is 0.00551. The van der Waals surface area contributed by atoms with Gasteiger partial charge in [0, 0.05) is 31.1 Å². The number of β-amino-alcohol motifs (C(OH)–C–C–N with tert-alkyl or cyclic N) is 1. The van der Waals surface area contributed by atoms with Gasteiger partial charge in [0.15, 0.2) is 0 Å². The molecule has 0 bridgehead atoms. The lowest BCUT2D eigenvalue weighted by Gasteiger charge is -2.38. The second-order valence-corrected chi connectivity index (χ2v) is 6.71. The highest BCUT2D eigenvalue weighted by atomic mass is 16.5. The predicted octanol–water partition coefficient (Wildman–Crippen LogP) is 0.690. The number of hydrogen-bond acceptors (Lipinski definition) is 5. The predicted molar refractivity (Wildman–Crippen MR) is 89.7 cm³/mol. The summed E-state index contributed by atoms with van der Waals surface area (Å²) in [7, 11) is 0. The smallest absolute Gasteiger partial charge is 0.237 e. The first-order valence-corrected chi connectivity index (χ1v) is 8.65. The number of rotatable bonds is 4. The molecule has 2 aliphatic heterocycles. The molecule has 24 heavy (non-hydrogen) atoms. The van der Waals surface area contributed by atoms with Crippen molar-refractivity contribution in [2.24, 2.45) is 5.92 Å². The molecule has 4 atom stereocenters. The first-order chi connectivity index (χ1) is 11.6. The van der Waals surface area contributed by atoms with Crippen molar-refractivity contribution in [3.8, 4) is 5.75 Å². The number of piperidine rings is 1. The molecule has 0 aliphatic carbocycles. The molecule has 0 saturated carbocycles. The van der Waals surface area contributed by atoms with E-state index in [4.69, 9.17) is 4.74 Å². The SMILES string of the molecule is C[C@H](C(=O)N[C@@H]1CCOc2ccccc21)N1CC[C@@H](CO)[C@@H](O)C1. The molecule has 6 heteroatoms. The van der Waals surface area contributed by atoms with Gasteiger partial charge in [0.25, 0.3) is 0 Å². The fraction of sp³-hybridized carbons (Fsp3) is 0.611. The monoisotopic (exact) mass is 334 g/mol. The van der Waals surface area contributed by atoms with Gasteiger partial charge in [0.05, 0.1) is 24.8 Å². The minimum Gasteiger partial charge on any atom is -0.493 e. The molecule has 132 valence electrons. The maximum atomic E-state index is 12.7. The Bertz CT molecular complexity index is 580. The van der Waals surface area contributed by atoms with Crippen LogP contribution in [0.1, 0.15) is 31.4 Å². The second kappa shape index (κ2) is 7.51. The van der Waals surface area contributed by atoms with Gasteiger partial charge in [-0.2, -0.15) is 0 Å². The van der Waals surface area contributed by atoms with Crippen molar-refractivity contribution in [1.29, 1.82) is 0 Å². The van der Waals surface area contributed by atoms with Crippen LogP contribution in [-0.2, 0) is 4.79 Å². The molecule has 0 spiro atoms. The average molecular weight is 334 g/mol. The van der Waals surface area contributed by atoms with Gasteiger partial charge in [0.2, 0.25) is 5.91 Å². The molecule has 0 unspecified atom stereocenters. The Morgan fingerprint density at radius 2 is 2.21 bits per heavy atom. The molecule has 2 heterocycles. The topological polar surface area (TPSA) is 82.0 Å². The number of amides is 1. The summed E-state index contributed by atoms with van der Waals surface area (Å²) in [6, 6.07) is 7.44. The Morgan fingerprint density at radius 3 is 2.96 bits per heavy atom. The number of fused-ring (bicyclic) bond motifs is 1. The highest BCUT2D eigenvalue weighted by molar-refractivity contribution is 5.82. The van der Waals surface area contributed by atoms with E-state index >= 15 is 0 Å². The van der Waals surface area contributed by atoms with Crippen LogP contribution in [0.3, 0.4) is 0 Å². The van der Waals surface area contributed by atoms with E-state index in [1.807, 2.05) is 36.1 Å². The number of aliphatic hydroxyl groups is 2. The lowest BCUT2D eigenvalue weighted by atomic mass is 9.93. The molecule has 1 aromatic rings. The average Bonchev–Trinajstić information content (AvgIpc) is 2.61. The van der Waals surface area contributed by atoms with Crippen molar-refractivity contribution >= 4 is 5.91 Å². The molecular weight excluding hydrogens is 308 g/mol. The van der Waals surface area contributed by atoms with Crippen LogP contribution in [0.15, 0.2) is 24.3 Å². The number of hydrogen-bond donors (Lipinski definition) is 3. The van der Waals surface area contributed by atoms with Crippen molar-refractivity contribution in [3.63, 3.8) is 0 Å². The lowest BCUT2D eigenvalue weighted by Crippen LogP contribution is -2.53. The number of carbonyl (C=O) groups excluding carboxylic acids is 1. The van der Waals surface area contributed by atoms with Crippen molar-refractivity contribution in [2.75, 3.05) is 26.3 Å². The van der Waals surface area contributed by atoms with E-state index in [-0.39, 0.29) is 30.5 Å². The Labute approximate surface area is 142 Å². The summed E-state index contributed by atoms with van der Waals surface area (Å²) in [5.74, 6) is 0.714. The molecule has 3 N–H and O–H groups in total. The van der Waals surface area contributed by atoms with Crippen molar-refractivity contribution in [2.45, 2.75) is 38.0 Å². The van der Waals surface area contributed by atoms with E-state index < -0.39 is 6.10 Å². The number of likely N-dealkylation sites (tertiary alicyclic amines) is 1. The molecular formula is C18H26N2O4. The van der Waals surface area contributed by atoms with E-state index in [1.54, 1.807) is 0 Å². The molecule has 0 radical (unpaired) electrons. The maximum Gasteiger partial charge on any atom is 0.237 e. The molecule has 1 aromatic carbocycles. The largest absolute Gasteiger partial charge is 0.493 e. The molecule has 2 aliphatic rings. The number of nitrogens with zero attached hydrogens (tertiary/aromatic N) is 1. The van der Waals surface area contributed by atoms with E-state index in [9.17, 15) is 15.0 Å². The lowest BCUT2D eigenvalue weighted by molar-refractivity contribution is -0.128. The third kappa shape index (κ3) is 3.55. The van der Waals surface area contributed by atoms with E-state index in [0.29, 0.717) is 26.1 Å².